The molecule has 36 heavy (non-hydrogen) atoms. The van der Waals surface area contributed by atoms with Gasteiger partial charge in [0.2, 0.25) is 0 Å². The van der Waals surface area contributed by atoms with Crippen molar-refractivity contribution in [3.63, 3.8) is 0 Å². The highest BCUT2D eigenvalue weighted by Gasteiger charge is 2.15. The second kappa shape index (κ2) is 12.3. The van der Waals surface area contributed by atoms with Crippen molar-refractivity contribution in [1.82, 2.24) is 4.90 Å². The average Bonchev–Trinajstić information content (AvgIpc) is 2.89. The van der Waals surface area contributed by atoms with Crippen molar-refractivity contribution in [3.8, 4) is 0 Å². The first-order chi connectivity index (χ1) is 17.5. The van der Waals surface area contributed by atoms with E-state index < -0.39 is 0 Å². The molecule has 2 nitrogen and oxygen atoms in total. The summed E-state index contributed by atoms with van der Waals surface area (Å²) in [7, 11) is 0. The van der Waals surface area contributed by atoms with E-state index in [9.17, 15) is 0 Å². The number of nitrogens with zero attached hydrogens (tertiary/aromatic N) is 2. The zero-order valence-corrected chi connectivity index (χ0v) is 22.0. The predicted octanol–water partition coefficient (Wildman–Crippen LogP) is 8.40. The van der Waals surface area contributed by atoms with Crippen LogP contribution in [0.15, 0.2) is 121 Å². The molecule has 4 aromatic rings. The van der Waals surface area contributed by atoms with Crippen LogP contribution in [0, 0.1) is 0 Å². The lowest BCUT2D eigenvalue weighted by molar-refractivity contribution is 0.363. The van der Waals surface area contributed by atoms with Gasteiger partial charge in [0.15, 0.2) is 0 Å². The van der Waals surface area contributed by atoms with Crippen molar-refractivity contribution in [2.24, 2.45) is 0 Å². The Morgan fingerprint density at radius 1 is 0.556 bits per heavy atom. The summed E-state index contributed by atoms with van der Waals surface area (Å²) in [5, 5.41) is 0. The van der Waals surface area contributed by atoms with Gasteiger partial charge < -0.3 is 9.80 Å². The Morgan fingerprint density at radius 2 is 0.972 bits per heavy atom. The Balaban J connectivity index is 1.69. The summed E-state index contributed by atoms with van der Waals surface area (Å²) >= 11 is 0. The molecule has 0 unspecified atom stereocenters. The molecule has 184 valence electrons. The van der Waals surface area contributed by atoms with Crippen molar-refractivity contribution in [2.45, 2.75) is 52.9 Å². The highest BCUT2D eigenvalue weighted by atomic mass is 15.2. The lowest BCUT2D eigenvalue weighted by Gasteiger charge is -2.33. The standard InChI is InChI=1S/C34H38N2/c1-27(2)36(28(3)4)33-22-20-30(21-23-33)25-35(24-29-14-8-5-9-15-29)26-34(31-16-10-6-11-17-31)32-18-12-7-13-19-32/h5-23,26-28H,24-25H2,1-4H3. The average molecular weight is 475 g/mol. The maximum absolute atomic E-state index is 2.47. The molecule has 0 spiro atoms. The number of hydrogen-bond acceptors (Lipinski definition) is 2. The summed E-state index contributed by atoms with van der Waals surface area (Å²) in [4.78, 5) is 4.90. The van der Waals surface area contributed by atoms with Crippen LogP contribution in [0.25, 0.3) is 5.57 Å². The van der Waals surface area contributed by atoms with E-state index in [1.807, 2.05) is 0 Å². The summed E-state index contributed by atoms with van der Waals surface area (Å²) in [5.74, 6) is 0. The minimum absolute atomic E-state index is 0.465. The van der Waals surface area contributed by atoms with E-state index in [-0.39, 0.29) is 0 Å². The van der Waals surface area contributed by atoms with Crippen molar-refractivity contribution >= 4 is 11.3 Å². The first-order valence-electron chi connectivity index (χ1n) is 13.0. The molecule has 0 aliphatic carbocycles. The van der Waals surface area contributed by atoms with Gasteiger partial charge in [0, 0.05) is 42.6 Å². The second-order valence-electron chi connectivity index (χ2n) is 9.93. The molecule has 0 aliphatic rings. The largest absolute Gasteiger partial charge is 0.368 e. The van der Waals surface area contributed by atoms with E-state index in [2.05, 4.69) is 159 Å². The third kappa shape index (κ3) is 6.66. The topological polar surface area (TPSA) is 6.48 Å². The molecular formula is C34H38N2. The van der Waals surface area contributed by atoms with Crippen molar-refractivity contribution in [2.75, 3.05) is 4.90 Å². The second-order valence-corrected chi connectivity index (χ2v) is 9.93. The lowest BCUT2D eigenvalue weighted by Crippen LogP contribution is -2.36. The van der Waals surface area contributed by atoms with Crippen molar-refractivity contribution in [3.05, 3.63) is 144 Å². The summed E-state index contributed by atoms with van der Waals surface area (Å²) in [6.07, 6.45) is 2.33. The first-order valence-corrected chi connectivity index (χ1v) is 13.0. The normalized spacial score (nSPS) is 10.9. The maximum Gasteiger partial charge on any atom is 0.0427 e. The molecule has 0 atom stereocenters. The number of anilines is 1. The number of rotatable bonds is 10. The first kappa shape index (κ1) is 25.3. The van der Waals surface area contributed by atoms with Gasteiger partial charge in [-0.1, -0.05) is 103 Å². The van der Waals surface area contributed by atoms with Crippen LogP contribution < -0.4 is 4.90 Å². The molecule has 0 saturated carbocycles. The zero-order valence-electron chi connectivity index (χ0n) is 22.0. The van der Waals surface area contributed by atoms with Gasteiger partial charge in [0.05, 0.1) is 0 Å². The van der Waals surface area contributed by atoms with Crippen LogP contribution in [-0.2, 0) is 13.1 Å². The van der Waals surface area contributed by atoms with Crippen LogP contribution >= 0.6 is 0 Å². The maximum atomic E-state index is 2.47. The van der Waals surface area contributed by atoms with E-state index >= 15 is 0 Å². The van der Waals surface area contributed by atoms with Crippen LogP contribution in [-0.4, -0.2) is 17.0 Å². The van der Waals surface area contributed by atoms with Gasteiger partial charge >= 0.3 is 0 Å². The number of benzene rings is 4. The molecule has 0 bridgehead atoms. The van der Waals surface area contributed by atoms with Gasteiger partial charge in [0.25, 0.3) is 0 Å². The Kier molecular flexibility index (Phi) is 8.62. The molecule has 4 aromatic carbocycles. The van der Waals surface area contributed by atoms with Gasteiger partial charge in [-0.05, 0) is 62.1 Å². The monoisotopic (exact) mass is 474 g/mol. The van der Waals surface area contributed by atoms with Crippen molar-refractivity contribution < 1.29 is 0 Å². The van der Waals surface area contributed by atoms with Gasteiger partial charge in [-0.15, -0.1) is 0 Å². The van der Waals surface area contributed by atoms with Crippen LogP contribution in [0.1, 0.15) is 49.9 Å². The highest BCUT2D eigenvalue weighted by Crippen LogP contribution is 2.26. The SMILES string of the molecule is CC(C)N(c1ccc(CN(C=C(c2ccccc2)c2ccccc2)Cc2ccccc2)cc1)C(C)C. The van der Waals surface area contributed by atoms with Gasteiger partial charge in [0.1, 0.15) is 0 Å². The van der Waals surface area contributed by atoms with Gasteiger partial charge in [-0.25, -0.2) is 0 Å². The molecule has 0 amide bonds. The van der Waals surface area contributed by atoms with E-state index in [4.69, 9.17) is 0 Å². The van der Waals surface area contributed by atoms with Crippen LogP contribution in [0.3, 0.4) is 0 Å². The fourth-order valence-corrected chi connectivity index (χ4v) is 4.90. The smallest absolute Gasteiger partial charge is 0.0427 e. The molecular weight excluding hydrogens is 436 g/mol. The summed E-state index contributed by atoms with van der Waals surface area (Å²) < 4.78 is 0. The zero-order chi connectivity index (χ0) is 25.3. The molecule has 0 fully saturated rings. The Bertz CT molecular complexity index is 1160. The molecule has 0 N–H and O–H groups in total. The Morgan fingerprint density at radius 3 is 1.42 bits per heavy atom. The van der Waals surface area contributed by atoms with E-state index in [1.165, 1.54) is 33.5 Å². The molecule has 2 heteroatoms. The fraction of sp³-hybridized carbons (Fsp3) is 0.235. The summed E-state index contributed by atoms with van der Waals surface area (Å²) in [5.41, 5.74) is 7.57. The van der Waals surface area contributed by atoms with Crippen molar-refractivity contribution in [1.29, 1.82) is 0 Å². The van der Waals surface area contributed by atoms with E-state index in [0.29, 0.717) is 12.1 Å². The lowest BCUT2D eigenvalue weighted by atomic mass is 9.98. The highest BCUT2D eigenvalue weighted by molar-refractivity contribution is 5.79. The summed E-state index contributed by atoms with van der Waals surface area (Å²) in [6.45, 7) is 10.7. The minimum atomic E-state index is 0.465. The molecule has 0 aromatic heterocycles. The van der Waals surface area contributed by atoms with Gasteiger partial charge in [-0.2, -0.15) is 0 Å². The van der Waals surface area contributed by atoms with Crippen LogP contribution in [0.4, 0.5) is 5.69 Å². The third-order valence-corrected chi connectivity index (χ3v) is 6.44. The number of hydrogen-bond donors (Lipinski definition) is 0. The van der Waals surface area contributed by atoms with Gasteiger partial charge in [-0.3, -0.25) is 0 Å². The minimum Gasteiger partial charge on any atom is -0.368 e. The molecule has 0 radical (unpaired) electrons. The summed E-state index contributed by atoms with van der Waals surface area (Å²) in [6, 6.07) is 42.2. The van der Waals surface area contributed by atoms with Crippen LogP contribution in [0.2, 0.25) is 0 Å². The predicted molar refractivity (Wildman–Crippen MR) is 155 cm³/mol. The Labute approximate surface area is 217 Å². The van der Waals surface area contributed by atoms with E-state index in [0.717, 1.165) is 13.1 Å². The fourth-order valence-electron chi connectivity index (χ4n) is 4.90. The molecule has 0 saturated heterocycles. The molecule has 0 aliphatic heterocycles. The van der Waals surface area contributed by atoms with E-state index in [1.54, 1.807) is 0 Å². The molecule has 0 heterocycles. The van der Waals surface area contributed by atoms with Crippen LogP contribution in [0.5, 0.6) is 0 Å². The quantitative estimate of drug-likeness (QED) is 0.228. The Hall–Kier alpha value is -3.78. The third-order valence-electron chi connectivity index (χ3n) is 6.44. The molecule has 4 rings (SSSR count).